The molecule has 2 fully saturated rings. The van der Waals surface area contributed by atoms with Gasteiger partial charge in [-0.2, -0.15) is 0 Å². The van der Waals surface area contributed by atoms with Gasteiger partial charge in [-0.25, -0.2) is 4.98 Å². The first-order valence-electron chi connectivity index (χ1n) is 8.90. The van der Waals surface area contributed by atoms with E-state index < -0.39 is 0 Å². The number of nitrogens with zero attached hydrogens (tertiary/aromatic N) is 2. The van der Waals surface area contributed by atoms with Crippen molar-refractivity contribution in [2.24, 2.45) is 11.1 Å². The zero-order valence-electron chi connectivity index (χ0n) is 14.3. The summed E-state index contributed by atoms with van der Waals surface area (Å²) < 4.78 is 0. The van der Waals surface area contributed by atoms with Crippen LogP contribution < -0.4 is 11.1 Å². The Morgan fingerprint density at radius 2 is 2.24 bits per heavy atom. The smallest absolute Gasteiger partial charge is 0.228 e. The molecule has 1 amide bonds. The molecule has 2 aliphatic rings. The number of likely N-dealkylation sites (tertiary alicyclic amines) is 1. The highest BCUT2D eigenvalue weighted by Gasteiger charge is 2.41. The first-order chi connectivity index (χ1) is 12.2. The zero-order valence-corrected chi connectivity index (χ0v) is 15.1. The zero-order chi connectivity index (χ0) is 17.3. The minimum Gasteiger partial charge on any atom is -0.342 e. The average Bonchev–Trinajstić information content (AvgIpc) is 3.38. The number of carbonyl (C=O) groups is 1. The van der Waals surface area contributed by atoms with Gasteiger partial charge in [-0.15, -0.1) is 11.3 Å². The molecular formula is C19H24N4OS. The molecule has 2 saturated heterocycles. The van der Waals surface area contributed by atoms with Crippen LogP contribution in [0.15, 0.2) is 29.6 Å². The van der Waals surface area contributed by atoms with E-state index in [0.29, 0.717) is 18.4 Å². The van der Waals surface area contributed by atoms with Crippen molar-refractivity contribution < 1.29 is 4.79 Å². The normalized spacial score (nSPS) is 22.8. The van der Waals surface area contributed by atoms with Crippen LogP contribution in [0.4, 0.5) is 0 Å². The fourth-order valence-corrected chi connectivity index (χ4v) is 4.86. The summed E-state index contributed by atoms with van der Waals surface area (Å²) in [4.78, 5) is 19.4. The molecule has 25 heavy (non-hydrogen) atoms. The minimum atomic E-state index is 0.202. The topological polar surface area (TPSA) is 71.2 Å². The Balaban J connectivity index is 1.44. The van der Waals surface area contributed by atoms with E-state index in [4.69, 9.17) is 10.7 Å². The van der Waals surface area contributed by atoms with Gasteiger partial charge in [0.15, 0.2) is 0 Å². The van der Waals surface area contributed by atoms with E-state index in [1.165, 1.54) is 6.42 Å². The van der Waals surface area contributed by atoms with Crippen LogP contribution in [0.3, 0.4) is 0 Å². The summed E-state index contributed by atoms with van der Waals surface area (Å²) >= 11 is 1.59. The standard InChI is InChI=1S/C19H24N4OS/c20-10-14-3-1-2-4-16(14)18-22-15(11-25-18)9-17(24)23-8-6-19(13-23)5-7-21-12-19/h1-4,11,21H,5-10,12-13,20H2. The predicted octanol–water partition coefficient (Wildman–Crippen LogP) is 2.02. The largest absolute Gasteiger partial charge is 0.342 e. The molecule has 132 valence electrons. The van der Waals surface area contributed by atoms with Crippen molar-refractivity contribution in [1.82, 2.24) is 15.2 Å². The molecule has 6 heteroatoms. The van der Waals surface area contributed by atoms with E-state index in [9.17, 15) is 4.79 Å². The second kappa shape index (κ2) is 6.86. The summed E-state index contributed by atoms with van der Waals surface area (Å²) in [7, 11) is 0. The molecule has 0 bridgehead atoms. The molecule has 2 aliphatic heterocycles. The Kier molecular flexibility index (Phi) is 4.58. The maximum Gasteiger partial charge on any atom is 0.228 e. The second-order valence-electron chi connectivity index (χ2n) is 7.17. The highest BCUT2D eigenvalue weighted by atomic mass is 32.1. The van der Waals surface area contributed by atoms with Crippen LogP contribution >= 0.6 is 11.3 Å². The molecule has 0 aliphatic carbocycles. The third kappa shape index (κ3) is 3.34. The Labute approximate surface area is 152 Å². The SMILES string of the molecule is NCc1ccccc1-c1nc(CC(=O)N2CCC3(CCNC3)C2)cs1. The van der Waals surface area contributed by atoms with Gasteiger partial charge in [0, 0.05) is 42.5 Å². The van der Waals surface area contributed by atoms with Gasteiger partial charge in [-0.1, -0.05) is 24.3 Å². The highest BCUT2D eigenvalue weighted by molar-refractivity contribution is 7.13. The van der Waals surface area contributed by atoms with Crippen molar-refractivity contribution in [1.29, 1.82) is 0 Å². The average molecular weight is 356 g/mol. The second-order valence-corrected chi connectivity index (χ2v) is 8.03. The van der Waals surface area contributed by atoms with E-state index in [1.807, 2.05) is 34.5 Å². The third-order valence-corrected chi connectivity index (χ3v) is 6.40. The molecule has 1 aromatic heterocycles. The lowest BCUT2D eigenvalue weighted by molar-refractivity contribution is -0.129. The minimum absolute atomic E-state index is 0.202. The number of amides is 1. The van der Waals surface area contributed by atoms with E-state index in [1.54, 1.807) is 11.3 Å². The molecule has 5 nitrogen and oxygen atoms in total. The maximum atomic E-state index is 12.7. The first kappa shape index (κ1) is 16.7. The Morgan fingerprint density at radius 3 is 3.04 bits per heavy atom. The van der Waals surface area contributed by atoms with Gasteiger partial charge in [-0.05, 0) is 24.9 Å². The van der Waals surface area contributed by atoms with E-state index in [-0.39, 0.29) is 5.91 Å². The molecule has 1 spiro atoms. The summed E-state index contributed by atoms with van der Waals surface area (Å²) in [6, 6.07) is 8.07. The van der Waals surface area contributed by atoms with Gasteiger partial charge < -0.3 is 16.0 Å². The van der Waals surface area contributed by atoms with E-state index in [2.05, 4.69) is 5.32 Å². The fraction of sp³-hybridized carbons (Fsp3) is 0.474. The summed E-state index contributed by atoms with van der Waals surface area (Å²) in [5, 5.41) is 6.39. The Hall–Kier alpha value is -1.76. The number of rotatable bonds is 4. The Morgan fingerprint density at radius 1 is 1.36 bits per heavy atom. The van der Waals surface area contributed by atoms with Gasteiger partial charge >= 0.3 is 0 Å². The van der Waals surface area contributed by atoms with Gasteiger partial charge in [-0.3, -0.25) is 4.79 Å². The van der Waals surface area contributed by atoms with Crippen molar-refractivity contribution in [3.8, 4) is 10.6 Å². The maximum absolute atomic E-state index is 12.7. The quantitative estimate of drug-likeness (QED) is 0.879. The van der Waals surface area contributed by atoms with Crippen LogP contribution in [0.1, 0.15) is 24.1 Å². The number of carbonyl (C=O) groups excluding carboxylic acids is 1. The third-order valence-electron chi connectivity index (χ3n) is 5.47. The number of nitrogens with two attached hydrogens (primary N) is 1. The molecule has 2 aromatic rings. The van der Waals surface area contributed by atoms with E-state index in [0.717, 1.165) is 54.4 Å². The molecule has 1 aromatic carbocycles. The molecule has 1 unspecified atom stereocenters. The molecule has 3 heterocycles. The molecular weight excluding hydrogens is 332 g/mol. The van der Waals surface area contributed by atoms with Gasteiger partial charge in [0.1, 0.15) is 5.01 Å². The Bertz CT molecular complexity index is 766. The van der Waals surface area contributed by atoms with Crippen LogP contribution in [0.25, 0.3) is 10.6 Å². The van der Waals surface area contributed by atoms with Gasteiger partial charge in [0.2, 0.25) is 5.91 Å². The van der Waals surface area contributed by atoms with Crippen molar-refractivity contribution in [3.05, 3.63) is 40.9 Å². The van der Waals surface area contributed by atoms with Crippen LogP contribution in [-0.2, 0) is 17.8 Å². The number of benzene rings is 1. The molecule has 3 N–H and O–H groups in total. The lowest BCUT2D eigenvalue weighted by atomic mass is 9.86. The van der Waals surface area contributed by atoms with Crippen molar-refractivity contribution >= 4 is 17.2 Å². The fourth-order valence-electron chi connectivity index (χ4n) is 3.98. The lowest BCUT2D eigenvalue weighted by Gasteiger charge is -2.22. The van der Waals surface area contributed by atoms with Gasteiger partial charge in [0.05, 0.1) is 12.1 Å². The number of aromatic nitrogens is 1. The van der Waals surface area contributed by atoms with Crippen molar-refractivity contribution in [3.63, 3.8) is 0 Å². The highest BCUT2D eigenvalue weighted by Crippen LogP contribution is 2.36. The number of hydrogen-bond donors (Lipinski definition) is 2. The van der Waals surface area contributed by atoms with Crippen LogP contribution in [0, 0.1) is 5.41 Å². The summed E-state index contributed by atoms with van der Waals surface area (Å²) in [6.07, 6.45) is 2.70. The number of thiazole rings is 1. The van der Waals surface area contributed by atoms with Crippen molar-refractivity contribution in [2.75, 3.05) is 26.2 Å². The van der Waals surface area contributed by atoms with Gasteiger partial charge in [0.25, 0.3) is 0 Å². The lowest BCUT2D eigenvalue weighted by Crippen LogP contribution is -2.34. The van der Waals surface area contributed by atoms with E-state index >= 15 is 0 Å². The van der Waals surface area contributed by atoms with Crippen LogP contribution in [0.5, 0.6) is 0 Å². The molecule has 4 rings (SSSR count). The monoisotopic (exact) mass is 356 g/mol. The van der Waals surface area contributed by atoms with Crippen LogP contribution in [-0.4, -0.2) is 42.0 Å². The summed E-state index contributed by atoms with van der Waals surface area (Å²) in [6.45, 7) is 4.40. The number of nitrogens with one attached hydrogen (secondary N) is 1. The molecule has 1 atom stereocenters. The van der Waals surface area contributed by atoms with Crippen LogP contribution in [0.2, 0.25) is 0 Å². The summed E-state index contributed by atoms with van der Waals surface area (Å²) in [5.74, 6) is 0.202. The summed E-state index contributed by atoms with van der Waals surface area (Å²) in [5.41, 5.74) is 9.17. The first-order valence-corrected chi connectivity index (χ1v) is 9.78. The molecule has 0 radical (unpaired) electrons. The number of hydrogen-bond acceptors (Lipinski definition) is 5. The molecule has 0 saturated carbocycles. The predicted molar refractivity (Wildman–Crippen MR) is 100 cm³/mol. The van der Waals surface area contributed by atoms with Crippen molar-refractivity contribution in [2.45, 2.75) is 25.8 Å².